The van der Waals surface area contributed by atoms with Crippen LogP contribution < -0.4 is 15.0 Å². The van der Waals surface area contributed by atoms with Crippen molar-refractivity contribution in [2.24, 2.45) is 0 Å². The molecule has 2 unspecified atom stereocenters. The molecule has 1 saturated heterocycles. The van der Waals surface area contributed by atoms with Crippen LogP contribution in [0.15, 0.2) is 47.1 Å². The topological polar surface area (TPSA) is 75.0 Å². The zero-order chi connectivity index (χ0) is 19.5. The third-order valence-electron chi connectivity index (χ3n) is 5.37. The SMILES string of the molecule is CC(=O)N1CC(C(=O)NCC(c2ccco2)N2CCCC2)Oc2ccccc21. The van der Waals surface area contributed by atoms with Gasteiger partial charge in [-0.25, -0.2) is 0 Å². The molecule has 3 heterocycles. The summed E-state index contributed by atoms with van der Waals surface area (Å²) in [6, 6.07) is 11.1. The molecule has 0 saturated carbocycles. The number of ether oxygens (including phenoxy) is 1. The fourth-order valence-corrected chi connectivity index (χ4v) is 3.92. The highest BCUT2D eigenvalue weighted by Gasteiger charge is 2.33. The molecule has 7 heteroatoms. The number of anilines is 1. The Balaban J connectivity index is 1.45. The van der Waals surface area contributed by atoms with Crippen LogP contribution in [-0.2, 0) is 9.59 Å². The summed E-state index contributed by atoms with van der Waals surface area (Å²) < 4.78 is 11.5. The van der Waals surface area contributed by atoms with Gasteiger partial charge in [0.25, 0.3) is 5.91 Å². The lowest BCUT2D eigenvalue weighted by molar-refractivity contribution is -0.128. The van der Waals surface area contributed by atoms with E-state index in [1.165, 1.54) is 6.92 Å². The van der Waals surface area contributed by atoms with Crippen molar-refractivity contribution in [1.82, 2.24) is 10.2 Å². The first-order valence-electron chi connectivity index (χ1n) is 9.72. The third kappa shape index (κ3) is 3.75. The van der Waals surface area contributed by atoms with Crippen molar-refractivity contribution in [3.8, 4) is 5.75 Å². The lowest BCUT2D eigenvalue weighted by atomic mass is 10.1. The molecule has 2 aliphatic heterocycles. The Morgan fingerprint density at radius 2 is 1.96 bits per heavy atom. The lowest BCUT2D eigenvalue weighted by Crippen LogP contribution is -2.51. The van der Waals surface area contributed by atoms with E-state index in [9.17, 15) is 9.59 Å². The molecule has 4 rings (SSSR count). The fourth-order valence-electron chi connectivity index (χ4n) is 3.92. The van der Waals surface area contributed by atoms with Crippen LogP contribution in [0.1, 0.15) is 31.6 Å². The van der Waals surface area contributed by atoms with E-state index in [2.05, 4.69) is 10.2 Å². The number of carbonyl (C=O) groups excluding carboxylic acids is 2. The quantitative estimate of drug-likeness (QED) is 0.858. The molecule has 2 aliphatic rings. The molecule has 1 aromatic heterocycles. The molecular formula is C21H25N3O4. The molecular weight excluding hydrogens is 358 g/mol. The Kier molecular flexibility index (Phi) is 5.34. The molecule has 28 heavy (non-hydrogen) atoms. The number of amides is 2. The zero-order valence-electron chi connectivity index (χ0n) is 16.0. The average molecular weight is 383 g/mol. The molecule has 148 valence electrons. The summed E-state index contributed by atoms with van der Waals surface area (Å²) in [5.41, 5.74) is 0.699. The van der Waals surface area contributed by atoms with Crippen LogP contribution in [-0.4, -0.2) is 49.0 Å². The Morgan fingerprint density at radius 3 is 2.68 bits per heavy atom. The Hall–Kier alpha value is -2.80. The second-order valence-electron chi connectivity index (χ2n) is 7.22. The molecule has 0 radical (unpaired) electrons. The number of fused-ring (bicyclic) bond motifs is 1. The number of likely N-dealkylation sites (tertiary alicyclic amines) is 1. The summed E-state index contributed by atoms with van der Waals surface area (Å²) in [6.45, 7) is 4.12. The van der Waals surface area contributed by atoms with Gasteiger partial charge in [-0.2, -0.15) is 0 Å². The van der Waals surface area contributed by atoms with E-state index in [4.69, 9.17) is 9.15 Å². The molecule has 2 aromatic rings. The highest BCUT2D eigenvalue weighted by Crippen LogP contribution is 2.33. The molecule has 0 spiro atoms. The van der Waals surface area contributed by atoms with Crippen molar-refractivity contribution in [1.29, 1.82) is 0 Å². The molecule has 1 aromatic carbocycles. The third-order valence-corrected chi connectivity index (χ3v) is 5.37. The number of hydrogen-bond donors (Lipinski definition) is 1. The van der Waals surface area contributed by atoms with E-state index < -0.39 is 6.10 Å². The monoisotopic (exact) mass is 383 g/mol. The first-order chi connectivity index (χ1) is 13.6. The highest BCUT2D eigenvalue weighted by molar-refractivity contribution is 5.95. The lowest BCUT2D eigenvalue weighted by Gasteiger charge is -2.34. The summed E-state index contributed by atoms with van der Waals surface area (Å²) in [5, 5.41) is 3.00. The fraction of sp³-hybridized carbons (Fsp3) is 0.429. The minimum Gasteiger partial charge on any atom is -0.477 e. The van der Waals surface area contributed by atoms with Crippen molar-refractivity contribution in [2.75, 3.05) is 31.1 Å². The largest absolute Gasteiger partial charge is 0.477 e. The Morgan fingerprint density at radius 1 is 1.18 bits per heavy atom. The maximum absolute atomic E-state index is 12.8. The van der Waals surface area contributed by atoms with Gasteiger partial charge < -0.3 is 19.4 Å². The van der Waals surface area contributed by atoms with Gasteiger partial charge in [-0.3, -0.25) is 14.5 Å². The van der Waals surface area contributed by atoms with Crippen LogP contribution in [0.2, 0.25) is 0 Å². The van der Waals surface area contributed by atoms with Crippen LogP contribution in [0.3, 0.4) is 0 Å². The maximum atomic E-state index is 12.8. The molecule has 1 N–H and O–H groups in total. The van der Waals surface area contributed by atoms with Crippen LogP contribution in [0.5, 0.6) is 5.75 Å². The van der Waals surface area contributed by atoms with Gasteiger partial charge in [-0.05, 0) is 50.2 Å². The minimum atomic E-state index is -0.741. The van der Waals surface area contributed by atoms with Gasteiger partial charge in [0, 0.05) is 13.5 Å². The van der Waals surface area contributed by atoms with Crippen LogP contribution in [0.4, 0.5) is 5.69 Å². The van der Waals surface area contributed by atoms with Crippen LogP contribution in [0, 0.1) is 0 Å². The van der Waals surface area contributed by atoms with E-state index in [-0.39, 0.29) is 24.4 Å². The number of nitrogens with zero attached hydrogens (tertiary/aromatic N) is 2. The van der Waals surface area contributed by atoms with E-state index in [0.717, 1.165) is 31.7 Å². The number of hydrogen-bond acceptors (Lipinski definition) is 5. The second-order valence-corrected chi connectivity index (χ2v) is 7.22. The Bertz CT molecular complexity index is 830. The number of nitrogens with one attached hydrogen (secondary N) is 1. The molecule has 2 atom stereocenters. The van der Waals surface area contributed by atoms with Gasteiger partial charge in [0.2, 0.25) is 5.91 Å². The first kappa shape index (κ1) is 18.6. The summed E-state index contributed by atoms with van der Waals surface area (Å²) in [4.78, 5) is 28.8. The summed E-state index contributed by atoms with van der Waals surface area (Å²) in [7, 11) is 0. The number of para-hydroxylation sites is 2. The molecule has 0 bridgehead atoms. The summed E-state index contributed by atoms with van der Waals surface area (Å²) in [5.74, 6) is 1.06. The van der Waals surface area contributed by atoms with Gasteiger partial charge in [-0.1, -0.05) is 12.1 Å². The average Bonchev–Trinajstić information content (AvgIpc) is 3.41. The number of benzene rings is 1. The maximum Gasteiger partial charge on any atom is 0.263 e. The second kappa shape index (κ2) is 8.06. The molecule has 0 aliphatic carbocycles. The summed E-state index contributed by atoms with van der Waals surface area (Å²) >= 11 is 0. The number of carbonyl (C=O) groups is 2. The number of rotatable bonds is 5. The van der Waals surface area contributed by atoms with Crippen LogP contribution >= 0.6 is 0 Å². The van der Waals surface area contributed by atoms with Gasteiger partial charge in [0.05, 0.1) is 24.5 Å². The van der Waals surface area contributed by atoms with E-state index in [1.54, 1.807) is 17.2 Å². The predicted octanol–water partition coefficient (Wildman–Crippen LogP) is 2.35. The van der Waals surface area contributed by atoms with Gasteiger partial charge in [0.15, 0.2) is 6.10 Å². The van der Waals surface area contributed by atoms with E-state index in [0.29, 0.717) is 18.0 Å². The Labute approximate surface area is 164 Å². The zero-order valence-corrected chi connectivity index (χ0v) is 16.0. The van der Waals surface area contributed by atoms with E-state index in [1.807, 2.05) is 30.3 Å². The van der Waals surface area contributed by atoms with Crippen LogP contribution in [0.25, 0.3) is 0 Å². The smallest absolute Gasteiger partial charge is 0.263 e. The van der Waals surface area contributed by atoms with Gasteiger partial charge in [-0.15, -0.1) is 0 Å². The highest BCUT2D eigenvalue weighted by atomic mass is 16.5. The van der Waals surface area contributed by atoms with Crippen molar-refractivity contribution in [3.63, 3.8) is 0 Å². The minimum absolute atomic E-state index is 0.00115. The molecule has 1 fully saturated rings. The van der Waals surface area contributed by atoms with Crippen molar-refractivity contribution in [2.45, 2.75) is 31.9 Å². The van der Waals surface area contributed by atoms with Crippen molar-refractivity contribution < 1.29 is 18.7 Å². The van der Waals surface area contributed by atoms with E-state index >= 15 is 0 Å². The van der Waals surface area contributed by atoms with Crippen molar-refractivity contribution >= 4 is 17.5 Å². The predicted molar refractivity (Wildman–Crippen MR) is 104 cm³/mol. The number of furan rings is 1. The van der Waals surface area contributed by atoms with Crippen molar-refractivity contribution in [3.05, 3.63) is 48.4 Å². The van der Waals surface area contributed by atoms with Gasteiger partial charge in [0.1, 0.15) is 11.5 Å². The normalized spacial score (nSPS) is 20.3. The first-order valence-corrected chi connectivity index (χ1v) is 9.72. The van der Waals surface area contributed by atoms with Gasteiger partial charge >= 0.3 is 0 Å². The molecule has 2 amide bonds. The molecule has 7 nitrogen and oxygen atoms in total. The standard InChI is InChI=1S/C21H25N3O4/c1-15(25)24-14-20(28-19-8-3-2-7-16(19)24)21(26)22-13-17(18-9-6-12-27-18)23-10-4-5-11-23/h2-3,6-9,12,17,20H,4-5,10-11,13-14H2,1H3,(H,22,26). The summed E-state index contributed by atoms with van der Waals surface area (Å²) in [6.07, 6.45) is 3.23.